The lowest BCUT2D eigenvalue weighted by atomic mass is 9.95. The molecule has 2 aromatic carbocycles. The first-order valence-electron chi connectivity index (χ1n) is 8.77. The van der Waals surface area contributed by atoms with Crippen LogP contribution in [0, 0.1) is 0 Å². The smallest absolute Gasteiger partial charge is 0.406 e. The predicted molar refractivity (Wildman–Crippen MR) is 107 cm³/mol. The van der Waals surface area contributed by atoms with Gasteiger partial charge < -0.3 is 14.8 Å². The Balaban J connectivity index is 0.00000240. The van der Waals surface area contributed by atoms with Gasteiger partial charge in [0, 0.05) is 31.7 Å². The average molecular weight is 493 g/mol. The summed E-state index contributed by atoms with van der Waals surface area (Å²) < 4.78 is 83.9. The topological polar surface area (TPSA) is 33.7 Å². The molecule has 1 aliphatic rings. The van der Waals surface area contributed by atoms with Crippen LogP contribution in [0.2, 0.25) is 0 Å². The number of hydrogen-bond donors (Lipinski definition) is 1. The molecule has 1 N–H and O–H groups in total. The minimum absolute atomic E-state index is 0. The molecule has 0 amide bonds. The molecule has 0 unspecified atom stereocenters. The lowest BCUT2D eigenvalue weighted by Crippen LogP contribution is -2.45. The Bertz CT molecular complexity index is 812. The maximum absolute atomic E-state index is 12.9. The van der Waals surface area contributed by atoms with Crippen molar-refractivity contribution in [1.29, 1.82) is 0 Å². The fraction of sp³-hybridized carbons (Fsp3) is 0.368. The molecule has 4 nitrogen and oxygen atoms in total. The van der Waals surface area contributed by atoms with Crippen LogP contribution in [0.5, 0.6) is 11.5 Å². The Hall–Kier alpha value is -1.88. The summed E-state index contributed by atoms with van der Waals surface area (Å²) in [4.78, 5) is 1.95. The fourth-order valence-electron chi connectivity index (χ4n) is 3.30. The maximum Gasteiger partial charge on any atom is 0.573 e. The van der Waals surface area contributed by atoms with E-state index in [9.17, 15) is 26.3 Å². The zero-order valence-corrected chi connectivity index (χ0v) is 17.5. The van der Waals surface area contributed by atoms with Crippen LogP contribution < -0.4 is 14.8 Å². The normalized spacial score (nSPS) is 15.9. The van der Waals surface area contributed by atoms with Gasteiger partial charge in [0.05, 0.1) is 6.04 Å². The van der Waals surface area contributed by atoms with E-state index < -0.39 is 24.5 Å². The van der Waals surface area contributed by atoms with E-state index in [4.69, 9.17) is 0 Å². The van der Waals surface area contributed by atoms with E-state index in [0.717, 1.165) is 12.1 Å². The Morgan fingerprint density at radius 2 is 1.32 bits per heavy atom. The highest BCUT2D eigenvalue weighted by Gasteiger charge is 2.35. The second-order valence-electron chi connectivity index (χ2n) is 6.39. The van der Waals surface area contributed by atoms with Crippen molar-refractivity contribution in [3.8, 4) is 11.5 Å². The molecule has 0 bridgehead atoms. The Labute approximate surface area is 187 Å². The first-order chi connectivity index (χ1) is 13.6. The summed E-state index contributed by atoms with van der Waals surface area (Å²) in [5, 5.41) is 3.16. The summed E-state index contributed by atoms with van der Waals surface area (Å²) in [5.74, 6) is -0.751. The van der Waals surface area contributed by atoms with Gasteiger partial charge in [0.15, 0.2) is 0 Å². The number of alkyl halides is 6. The lowest BCUT2D eigenvalue weighted by molar-refractivity contribution is -0.275. The van der Waals surface area contributed by atoms with E-state index in [1.807, 2.05) is 4.90 Å². The van der Waals surface area contributed by atoms with E-state index in [1.165, 1.54) is 30.3 Å². The van der Waals surface area contributed by atoms with Crippen LogP contribution in [0.4, 0.5) is 26.3 Å². The van der Waals surface area contributed by atoms with E-state index in [-0.39, 0.29) is 36.1 Å². The van der Waals surface area contributed by atoms with Gasteiger partial charge in [-0.2, -0.15) is 0 Å². The number of nitrogens with zero attached hydrogens (tertiary/aromatic N) is 1. The molecule has 0 saturated carbocycles. The first kappa shape index (κ1) is 27.2. The van der Waals surface area contributed by atoms with E-state index in [2.05, 4.69) is 14.8 Å². The van der Waals surface area contributed by atoms with Crippen LogP contribution in [0.25, 0.3) is 0 Å². The van der Waals surface area contributed by atoms with Crippen LogP contribution in [0.15, 0.2) is 48.5 Å². The molecule has 1 atom stereocenters. The largest absolute Gasteiger partial charge is 0.573 e. The van der Waals surface area contributed by atoms with Crippen molar-refractivity contribution >= 4 is 24.8 Å². The summed E-state index contributed by atoms with van der Waals surface area (Å²) in [6.45, 7) is 2.36. The van der Waals surface area contributed by atoms with Crippen molar-refractivity contribution in [3.63, 3.8) is 0 Å². The standard InChI is InChI=1S/C19H18F6N2O2.2ClH/c20-18(21,22)28-14-7-5-13(6-8-14)17(27-11-9-26-10-12-27)15-3-1-2-4-16(15)29-19(23,24)25;;/h1-8,17,26H,9-12H2;2*1H/t17-;;/m0../s1. The summed E-state index contributed by atoms with van der Waals surface area (Å²) in [7, 11) is 0. The fourth-order valence-corrected chi connectivity index (χ4v) is 3.30. The van der Waals surface area contributed by atoms with Gasteiger partial charge in [0.25, 0.3) is 0 Å². The van der Waals surface area contributed by atoms with Gasteiger partial charge in [-0.05, 0) is 23.8 Å². The van der Waals surface area contributed by atoms with E-state index >= 15 is 0 Å². The number of benzene rings is 2. The summed E-state index contributed by atoms with van der Waals surface area (Å²) in [5.41, 5.74) is 0.802. The van der Waals surface area contributed by atoms with E-state index in [0.29, 0.717) is 31.7 Å². The molecule has 3 rings (SSSR count). The molecule has 2 aromatic rings. The van der Waals surface area contributed by atoms with Crippen molar-refractivity contribution < 1.29 is 35.8 Å². The average Bonchev–Trinajstić information content (AvgIpc) is 2.63. The number of ether oxygens (including phenoxy) is 2. The summed E-state index contributed by atoms with van der Waals surface area (Å²) in [6, 6.07) is 10.3. The zero-order valence-electron chi connectivity index (χ0n) is 15.9. The SMILES string of the molecule is Cl.Cl.FC(F)(F)Oc1ccc([C@@H](c2ccccc2OC(F)(F)F)N2CCNCC2)cc1. The molecule has 0 aliphatic carbocycles. The van der Waals surface area contributed by atoms with Crippen LogP contribution >= 0.6 is 24.8 Å². The van der Waals surface area contributed by atoms with E-state index in [1.54, 1.807) is 6.07 Å². The molecule has 0 radical (unpaired) electrons. The number of hydrogen-bond acceptors (Lipinski definition) is 4. The molecule has 1 fully saturated rings. The lowest BCUT2D eigenvalue weighted by Gasteiger charge is -2.36. The third kappa shape index (κ3) is 7.95. The van der Waals surface area contributed by atoms with Crippen molar-refractivity contribution in [2.45, 2.75) is 18.8 Å². The molecule has 1 heterocycles. The number of rotatable bonds is 5. The Morgan fingerprint density at radius 3 is 1.87 bits per heavy atom. The predicted octanol–water partition coefficient (Wildman–Crippen LogP) is 5.32. The number of piperazine rings is 1. The highest BCUT2D eigenvalue weighted by molar-refractivity contribution is 5.85. The third-order valence-electron chi connectivity index (χ3n) is 4.39. The Morgan fingerprint density at radius 1 is 0.774 bits per heavy atom. The Kier molecular flexibility index (Phi) is 9.74. The quantitative estimate of drug-likeness (QED) is 0.572. The zero-order chi connectivity index (χ0) is 21.1. The minimum Gasteiger partial charge on any atom is -0.406 e. The molecule has 174 valence electrons. The summed E-state index contributed by atoms with van der Waals surface area (Å²) in [6.07, 6.45) is -9.69. The van der Waals surface area contributed by atoms with Gasteiger partial charge in [-0.25, -0.2) is 0 Å². The van der Waals surface area contributed by atoms with Crippen LogP contribution in [-0.2, 0) is 0 Å². The molecular weight excluding hydrogens is 473 g/mol. The molecule has 1 aliphatic heterocycles. The molecule has 0 spiro atoms. The van der Waals surface area contributed by atoms with Crippen LogP contribution in [0.3, 0.4) is 0 Å². The van der Waals surface area contributed by atoms with Crippen molar-refractivity contribution in [1.82, 2.24) is 10.2 Å². The van der Waals surface area contributed by atoms with Crippen LogP contribution in [0.1, 0.15) is 17.2 Å². The van der Waals surface area contributed by atoms with Gasteiger partial charge in [0.2, 0.25) is 0 Å². The highest BCUT2D eigenvalue weighted by Crippen LogP contribution is 2.38. The van der Waals surface area contributed by atoms with Crippen LogP contribution in [-0.4, -0.2) is 43.8 Å². The maximum atomic E-state index is 12.9. The molecule has 31 heavy (non-hydrogen) atoms. The van der Waals surface area contributed by atoms with Gasteiger partial charge in [-0.1, -0.05) is 30.3 Å². The second-order valence-corrected chi connectivity index (χ2v) is 6.39. The van der Waals surface area contributed by atoms with Gasteiger partial charge >= 0.3 is 12.7 Å². The van der Waals surface area contributed by atoms with Gasteiger partial charge in [-0.3, -0.25) is 4.90 Å². The number of para-hydroxylation sites is 1. The number of halogens is 8. The summed E-state index contributed by atoms with van der Waals surface area (Å²) >= 11 is 0. The monoisotopic (exact) mass is 492 g/mol. The molecule has 12 heteroatoms. The molecule has 1 saturated heterocycles. The second kappa shape index (κ2) is 11.1. The van der Waals surface area contributed by atoms with Gasteiger partial charge in [0.1, 0.15) is 11.5 Å². The van der Waals surface area contributed by atoms with Crippen molar-refractivity contribution in [2.75, 3.05) is 26.2 Å². The molecular formula is C19H20Cl2F6N2O2. The van der Waals surface area contributed by atoms with Gasteiger partial charge in [-0.15, -0.1) is 51.2 Å². The highest BCUT2D eigenvalue weighted by atomic mass is 35.5. The van der Waals surface area contributed by atoms with Crippen molar-refractivity contribution in [2.24, 2.45) is 0 Å². The molecule has 0 aromatic heterocycles. The first-order valence-corrected chi connectivity index (χ1v) is 8.77. The minimum atomic E-state index is -4.87. The van der Waals surface area contributed by atoms with Crippen molar-refractivity contribution in [3.05, 3.63) is 59.7 Å². The third-order valence-corrected chi connectivity index (χ3v) is 4.39. The number of nitrogens with one attached hydrogen (secondary N) is 1.